The van der Waals surface area contributed by atoms with Gasteiger partial charge in [-0.1, -0.05) is 24.6 Å². The highest BCUT2D eigenvalue weighted by molar-refractivity contribution is 5.85. The van der Waals surface area contributed by atoms with Crippen molar-refractivity contribution in [3.05, 3.63) is 76.5 Å². The van der Waals surface area contributed by atoms with Crippen molar-refractivity contribution in [2.24, 2.45) is 7.05 Å². The molecular weight excluding hydrogens is 358 g/mol. The highest BCUT2D eigenvalue weighted by Crippen LogP contribution is 2.15. The lowest BCUT2D eigenvalue weighted by Gasteiger charge is -2.14. The molecule has 0 amide bonds. The first kappa shape index (κ1) is 21.1. The minimum atomic E-state index is 0. The molecule has 0 saturated heterocycles. The number of halogens is 1. The third-order valence-electron chi connectivity index (χ3n) is 4.97. The van der Waals surface area contributed by atoms with E-state index in [1.54, 1.807) is 10.6 Å². The zero-order valence-corrected chi connectivity index (χ0v) is 16.8. The van der Waals surface area contributed by atoms with Crippen LogP contribution in [0.25, 0.3) is 10.8 Å². The van der Waals surface area contributed by atoms with Gasteiger partial charge in [-0.15, -0.1) is 12.4 Å². The topological polar surface area (TPSA) is 46.9 Å². The molecule has 144 valence electrons. The third-order valence-corrected chi connectivity index (χ3v) is 4.97. The Morgan fingerprint density at radius 3 is 2.81 bits per heavy atom. The summed E-state index contributed by atoms with van der Waals surface area (Å²) in [5.41, 5.74) is 2.49. The first-order valence-corrected chi connectivity index (χ1v) is 9.34. The predicted molar refractivity (Wildman–Crippen MR) is 115 cm³/mol. The molecule has 3 aromatic rings. The number of aromatic nitrogens is 2. The van der Waals surface area contributed by atoms with Gasteiger partial charge < -0.3 is 9.88 Å². The normalized spacial score (nSPS) is 11.9. The molecule has 0 aliphatic heterocycles. The van der Waals surface area contributed by atoms with Crippen molar-refractivity contribution in [1.29, 1.82) is 0 Å². The minimum Gasteiger partial charge on any atom is -0.316 e. The summed E-state index contributed by atoms with van der Waals surface area (Å²) in [5, 5.41) is 6.03. The molecule has 0 aliphatic rings. The van der Waals surface area contributed by atoms with Crippen LogP contribution in [0, 0.1) is 0 Å². The lowest BCUT2D eigenvalue weighted by atomic mass is 10.1. The zero-order valence-electron chi connectivity index (χ0n) is 16.0. The molecule has 4 nitrogen and oxygen atoms in total. The van der Waals surface area contributed by atoms with Crippen LogP contribution < -0.4 is 10.9 Å². The van der Waals surface area contributed by atoms with Crippen LogP contribution in [-0.2, 0) is 20.0 Å². The lowest BCUT2D eigenvalue weighted by molar-refractivity contribution is 0.487. The van der Waals surface area contributed by atoms with Crippen LogP contribution in [0.4, 0.5) is 0 Å². The van der Waals surface area contributed by atoms with Crippen LogP contribution in [-0.4, -0.2) is 15.6 Å². The lowest BCUT2D eigenvalue weighted by Crippen LogP contribution is -2.25. The molecule has 2 heterocycles. The van der Waals surface area contributed by atoms with Gasteiger partial charge in [-0.05, 0) is 55.3 Å². The molecule has 3 rings (SSSR count). The summed E-state index contributed by atoms with van der Waals surface area (Å²) in [4.78, 5) is 15.8. The van der Waals surface area contributed by atoms with Crippen molar-refractivity contribution in [3.63, 3.8) is 0 Å². The molecule has 0 fully saturated rings. The van der Waals surface area contributed by atoms with Gasteiger partial charge in [-0.2, -0.15) is 0 Å². The molecule has 0 saturated carbocycles. The van der Waals surface area contributed by atoms with Crippen LogP contribution in [0.15, 0.2) is 59.7 Å². The SMILES string of the molecule is C[C@H](CCCCc1cccc(=O)n1C)NCc1ccc2cnccc2c1.Cl. The fourth-order valence-electron chi connectivity index (χ4n) is 3.25. The Bertz CT molecular complexity index is 923. The summed E-state index contributed by atoms with van der Waals surface area (Å²) in [6, 6.07) is 14.6. The summed E-state index contributed by atoms with van der Waals surface area (Å²) in [7, 11) is 1.85. The molecule has 0 radical (unpaired) electrons. The van der Waals surface area contributed by atoms with Crippen molar-refractivity contribution in [2.45, 2.75) is 45.2 Å². The van der Waals surface area contributed by atoms with Crippen LogP contribution in [0.3, 0.4) is 0 Å². The van der Waals surface area contributed by atoms with Gasteiger partial charge in [0.2, 0.25) is 5.56 Å². The summed E-state index contributed by atoms with van der Waals surface area (Å²) in [5.74, 6) is 0. The number of nitrogens with zero attached hydrogens (tertiary/aromatic N) is 2. The Morgan fingerprint density at radius 1 is 1.11 bits per heavy atom. The number of aryl methyl sites for hydroxylation is 1. The van der Waals surface area contributed by atoms with Gasteiger partial charge in [0.15, 0.2) is 0 Å². The van der Waals surface area contributed by atoms with E-state index in [0.29, 0.717) is 6.04 Å². The highest BCUT2D eigenvalue weighted by atomic mass is 35.5. The van der Waals surface area contributed by atoms with Gasteiger partial charge in [0.25, 0.3) is 0 Å². The Morgan fingerprint density at radius 2 is 1.96 bits per heavy atom. The van der Waals surface area contributed by atoms with Crippen molar-refractivity contribution < 1.29 is 0 Å². The first-order valence-electron chi connectivity index (χ1n) is 9.34. The molecule has 27 heavy (non-hydrogen) atoms. The summed E-state index contributed by atoms with van der Waals surface area (Å²) >= 11 is 0. The average molecular weight is 386 g/mol. The van der Waals surface area contributed by atoms with Gasteiger partial charge in [-0.25, -0.2) is 0 Å². The number of fused-ring (bicyclic) bond motifs is 1. The number of nitrogens with one attached hydrogen (secondary N) is 1. The maximum Gasteiger partial charge on any atom is 0.250 e. The van der Waals surface area contributed by atoms with Crippen LogP contribution in [0.2, 0.25) is 0 Å². The molecular formula is C22H28ClN3O. The van der Waals surface area contributed by atoms with E-state index < -0.39 is 0 Å². The molecule has 0 aliphatic carbocycles. The number of rotatable bonds is 8. The van der Waals surface area contributed by atoms with Crippen LogP contribution in [0.1, 0.15) is 37.4 Å². The molecule has 2 aromatic heterocycles. The third kappa shape index (κ3) is 5.91. The second kappa shape index (κ2) is 10.2. The summed E-state index contributed by atoms with van der Waals surface area (Å²) < 4.78 is 1.75. The number of unbranched alkanes of at least 4 members (excludes halogenated alkanes) is 1. The van der Waals surface area contributed by atoms with Gasteiger partial charge in [0, 0.05) is 49.2 Å². The molecule has 0 unspecified atom stereocenters. The van der Waals surface area contributed by atoms with Crippen molar-refractivity contribution in [1.82, 2.24) is 14.9 Å². The van der Waals surface area contributed by atoms with E-state index in [9.17, 15) is 4.79 Å². The monoisotopic (exact) mass is 385 g/mol. The average Bonchev–Trinajstić information content (AvgIpc) is 2.66. The number of hydrogen-bond acceptors (Lipinski definition) is 3. The minimum absolute atomic E-state index is 0. The molecule has 0 spiro atoms. The number of benzene rings is 1. The summed E-state index contributed by atoms with van der Waals surface area (Å²) in [6.07, 6.45) is 8.09. The van der Waals surface area contributed by atoms with Gasteiger partial charge in [0.1, 0.15) is 0 Å². The number of pyridine rings is 2. The van der Waals surface area contributed by atoms with Crippen LogP contribution in [0.5, 0.6) is 0 Å². The molecule has 1 N–H and O–H groups in total. The van der Waals surface area contributed by atoms with E-state index in [1.807, 2.05) is 31.6 Å². The van der Waals surface area contributed by atoms with E-state index in [-0.39, 0.29) is 18.0 Å². The van der Waals surface area contributed by atoms with Gasteiger partial charge in [-0.3, -0.25) is 9.78 Å². The molecule has 1 atom stereocenters. The van der Waals surface area contributed by atoms with E-state index in [0.717, 1.165) is 37.9 Å². The fourth-order valence-corrected chi connectivity index (χ4v) is 3.25. The standard InChI is InChI=1S/C22H27N3O.ClH/c1-17(6-3-4-7-21-8-5-9-22(26)25(21)2)24-15-18-10-11-20-16-23-13-12-19(20)14-18;/h5,8-14,16-17,24H,3-4,6-7,15H2,1-2H3;1H/t17-;/m1./s1. The van der Waals surface area contributed by atoms with Crippen molar-refractivity contribution in [3.8, 4) is 0 Å². The Kier molecular flexibility index (Phi) is 8.01. The maximum atomic E-state index is 11.6. The fraction of sp³-hybridized carbons (Fsp3) is 0.364. The smallest absolute Gasteiger partial charge is 0.250 e. The molecule has 5 heteroatoms. The van der Waals surface area contributed by atoms with Gasteiger partial charge in [0.05, 0.1) is 0 Å². The Hall–Kier alpha value is -2.17. The van der Waals surface area contributed by atoms with Crippen molar-refractivity contribution in [2.75, 3.05) is 0 Å². The van der Waals surface area contributed by atoms with E-state index in [2.05, 4.69) is 41.5 Å². The zero-order chi connectivity index (χ0) is 18.4. The van der Waals surface area contributed by atoms with Gasteiger partial charge >= 0.3 is 0 Å². The predicted octanol–water partition coefficient (Wildman–Crippen LogP) is 4.25. The Labute approximate surface area is 167 Å². The first-order chi connectivity index (χ1) is 12.6. The number of hydrogen-bond donors (Lipinski definition) is 1. The Balaban J connectivity index is 0.00000261. The van der Waals surface area contributed by atoms with Crippen LogP contribution >= 0.6 is 12.4 Å². The summed E-state index contributed by atoms with van der Waals surface area (Å²) in [6.45, 7) is 3.12. The van der Waals surface area contributed by atoms with E-state index >= 15 is 0 Å². The second-order valence-corrected chi connectivity index (χ2v) is 7.00. The molecule has 0 bridgehead atoms. The maximum absolute atomic E-state index is 11.6. The van der Waals surface area contributed by atoms with E-state index in [4.69, 9.17) is 0 Å². The van der Waals surface area contributed by atoms with E-state index in [1.165, 1.54) is 16.3 Å². The highest BCUT2D eigenvalue weighted by Gasteiger charge is 2.04. The van der Waals surface area contributed by atoms with Crippen molar-refractivity contribution >= 4 is 23.2 Å². The largest absolute Gasteiger partial charge is 0.316 e. The quantitative estimate of drug-likeness (QED) is 0.590. The molecule has 1 aromatic carbocycles. The second-order valence-electron chi connectivity index (χ2n) is 7.00.